The molecule has 2 aromatic carbocycles. The van der Waals surface area contributed by atoms with Crippen molar-refractivity contribution in [2.75, 3.05) is 6.79 Å². The number of nitrogens with zero attached hydrogens (tertiary/aromatic N) is 2. The maximum Gasteiger partial charge on any atom is 0.231 e. The van der Waals surface area contributed by atoms with Crippen molar-refractivity contribution >= 4 is 34.6 Å². The number of rotatable bonds is 3. The van der Waals surface area contributed by atoms with E-state index in [9.17, 15) is 5.26 Å². The third kappa shape index (κ3) is 3.22. The molecule has 0 atom stereocenters. The van der Waals surface area contributed by atoms with E-state index in [1.165, 1.54) is 11.3 Å². The van der Waals surface area contributed by atoms with Crippen molar-refractivity contribution in [3.8, 4) is 28.8 Å². The van der Waals surface area contributed by atoms with Gasteiger partial charge < -0.3 is 9.47 Å². The number of fused-ring (bicyclic) bond motifs is 1. The number of hydrogen-bond donors (Lipinski definition) is 0. The Kier molecular flexibility index (Phi) is 4.14. The first-order valence-electron chi connectivity index (χ1n) is 7.46. The average molecular weight is 367 g/mol. The molecule has 0 spiro atoms. The number of nitriles is 1. The Morgan fingerprint density at radius 1 is 1.20 bits per heavy atom. The molecule has 0 amide bonds. The van der Waals surface area contributed by atoms with Gasteiger partial charge in [-0.05, 0) is 42.0 Å². The predicted molar refractivity (Wildman–Crippen MR) is 98.6 cm³/mol. The van der Waals surface area contributed by atoms with E-state index in [0.717, 1.165) is 22.6 Å². The molecular formula is C19H11ClN2O2S. The largest absolute Gasteiger partial charge is 0.454 e. The summed E-state index contributed by atoms with van der Waals surface area (Å²) < 4.78 is 10.7. The van der Waals surface area contributed by atoms with Gasteiger partial charge in [0.15, 0.2) is 11.5 Å². The summed E-state index contributed by atoms with van der Waals surface area (Å²) in [7, 11) is 0. The van der Waals surface area contributed by atoms with Crippen molar-refractivity contribution in [2.24, 2.45) is 0 Å². The van der Waals surface area contributed by atoms with Crippen LogP contribution >= 0.6 is 22.9 Å². The minimum atomic E-state index is 0.238. The summed E-state index contributed by atoms with van der Waals surface area (Å²) >= 11 is 7.43. The van der Waals surface area contributed by atoms with E-state index in [2.05, 4.69) is 11.1 Å². The van der Waals surface area contributed by atoms with Gasteiger partial charge in [0.05, 0.1) is 11.3 Å². The second kappa shape index (κ2) is 6.60. The SMILES string of the molecule is N#C/C(=C\c1cccc(Cl)c1)c1nc(-c2ccc3c(c2)OCO3)cs1. The summed E-state index contributed by atoms with van der Waals surface area (Å²) in [5, 5.41) is 12.7. The van der Waals surface area contributed by atoms with Crippen molar-refractivity contribution in [3.63, 3.8) is 0 Å². The van der Waals surface area contributed by atoms with Crippen molar-refractivity contribution in [2.45, 2.75) is 0 Å². The number of thiazole rings is 1. The topological polar surface area (TPSA) is 55.1 Å². The second-order valence-corrected chi connectivity index (χ2v) is 6.63. The third-order valence-electron chi connectivity index (χ3n) is 3.68. The molecule has 122 valence electrons. The lowest BCUT2D eigenvalue weighted by molar-refractivity contribution is 0.174. The lowest BCUT2D eigenvalue weighted by atomic mass is 10.1. The Labute approximate surface area is 153 Å². The summed E-state index contributed by atoms with van der Waals surface area (Å²) in [4.78, 5) is 4.59. The molecule has 4 rings (SSSR count). The lowest BCUT2D eigenvalue weighted by Gasteiger charge is -1.99. The summed E-state index contributed by atoms with van der Waals surface area (Å²) in [6, 6.07) is 15.3. The highest BCUT2D eigenvalue weighted by atomic mass is 35.5. The molecule has 25 heavy (non-hydrogen) atoms. The highest BCUT2D eigenvalue weighted by Crippen LogP contribution is 2.36. The van der Waals surface area contributed by atoms with Crippen LogP contribution in [0, 0.1) is 11.3 Å². The fourth-order valence-electron chi connectivity index (χ4n) is 2.49. The van der Waals surface area contributed by atoms with Gasteiger partial charge in [0, 0.05) is 16.0 Å². The van der Waals surface area contributed by atoms with Crippen molar-refractivity contribution in [1.82, 2.24) is 4.98 Å². The Hall–Kier alpha value is -2.81. The van der Waals surface area contributed by atoms with Crippen LogP contribution in [0.2, 0.25) is 5.02 Å². The molecule has 3 aromatic rings. The number of allylic oxidation sites excluding steroid dienone is 1. The zero-order chi connectivity index (χ0) is 17.2. The Bertz CT molecular complexity index is 1020. The fraction of sp³-hybridized carbons (Fsp3) is 0.0526. The molecule has 0 aliphatic carbocycles. The standard InChI is InChI=1S/C19H11ClN2O2S/c20-15-3-1-2-12(7-15)6-14(9-21)19-22-16(10-25-19)13-4-5-17-18(8-13)24-11-23-17/h1-8,10H,11H2/b14-6+. The molecule has 0 radical (unpaired) electrons. The van der Waals surface area contributed by atoms with Crippen LogP contribution in [-0.2, 0) is 0 Å². The van der Waals surface area contributed by atoms with Crippen LogP contribution in [-0.4, -0.2) is 11.8 Å². The van der Waals surface area contributed by atoms with Crippen LogP contribution in [0.4, 0.5) is 0 Å². The normalized spacial score (nSPS) is 12.9. The van der Waals surface area contributed by atoms with Gasteiger partial charge in [0.1, 0.15) is 11.1 Å². The molecule has 0 N–H and O–H groups in total. The summed E-state index contributed by atoms with van der Waals surface area (Å²) in [5.41, 5.74) is 3.08. The van der Waals surface area contributed by atoms with Gasteiger partial charge >= 0.3 is 0 Å². The lowest BCUT2D eigenvalue weighted by Crippen LogP contribution is -1.92. The number of ether oxygens (including phenoxy) is 2. The zero-order valence-corrected chi connectivity index (χ0v) is 14.5. The first kappa shape index (κ1) is 15.7. The first-order chi connectivity index (χ1) is 12.2. The van der Waals surface area contributed by atoms with E-state index >= 15 is 0 Å². The smallest absolute Gasteiger partial charge is 0.231 e. The molecule has 0 saturated heterocycles. The van der Waals surface area contributed by atoms with Crippen LogP contribution in [0.25, 0.3) is 22.9 Å². The summed E-state index contributed by atoms with van der Waals surface area (Å²) in [6.07, 6.45) is 1.79. The van der Waals surface area contributed by atoms with Gasteiger partial charge in [0.2, 0.25) is 6.79 Å². The highest BCUT2D eigenvalue weighted by molar-refractivity contribution is 7.11. The number of halogens is 1. The van der Waals surface area contributed by atoms with Gasteiger partial charge in [-0.3, -0.25) is 0 Å². The van der Waals surface area contributed by atoms with E-state index in [4.69, 9.17) is 21.1 Å². The van der Waals surface area contributed by atoms with Crippen LogP contribution < -0.4 is 9.47 Å². The van der Waals surface area contributed by atoms with Crippen LogP contribution in [0.5, 0.6) is 11.5 Å². The predicted octanol–water partition coefficient (Wildman–Crippen LogP) is 5.26. The average Bonchev–Trinajstić information content (AvgIpc) is 3.28. The number of hydrogen-bond acceptors (Lipinski definition) is 5. The van der Waals surface area contributed by atoms with Crippen molar-refractivity contribution < 1.29 is 9.47 Å². The van der Waals surface area contributed by atoms with Crippen molar-refractivity contribution in [1.29, 1.82) is 5.26 Å². The molecule has 1 aliphatic heterocycles. The summed E-state index contributed by atoms with van der Waals surface area (Å²) in [6.45, 7) is 0.238. The fourth-order valence-corrected chi connectivity index (χ4v) is 3.48. The monoisotopic (exact) mass is 366 g/mol. The Morgan fingerprint density at radius 2 is 2.08 bits per heavy atom. The molecule has 1 aromatic heterocycles. The third-order valence-corrected chi connectivity index (χ3v) is 4.79. The zero-order valence-electron chi connectivity index (χ0n) is 12.9. The molecule has 0 unspecified atom stereocenters. The Morgan fingerprint density at radius 3 is 2.92 bits per heavy atom. The second-order valence-electron chi connectivity index (χ2n) is 5.33. The highest BCUT2D eigenvalue weighted by Gasteiger charge is 2.15. The van der Waals surface area contributed by atoms with Gasteiger partial charge in [-0.25, -0.2) is 4.98 Å². The molecule has 0 saturated carbocycles. The van der Waals surface area contributed by atoms with E-state index in [1.54, 1.807) is 12.1 Å². The molecule has 1 aliphatic rings. The van der Waals surface area contributed by atoms with Gasteiger partial charge in [-0.1, -0.05) is 23.7 Å². The van der Waals surface area contributed by atoms with Crippen LogP contribution in [0.15, 0.2) is 47.8 Å². The van der Waals surface area contributed by atoms with E-state index in [-0.39, 0.29) is 6.79 Å². The molecule has 0 bridgehead atoms. The van der Waals surface area contributed by atoms with Crippen LogP contribution in [0.1, 0.15) is 10.6 Å². The van der Waals surface area contributed by atoms with E-state index in [1.807, 2.05) is 41.8 Å². The van der Waals surface area contributed by atoms with Gasteiger partial charge in [-0.2, -0.15) is 5.26 Å². The maximum absolute atomic E-state index is 9.50. The molecule has 6 heteroatoms. The quantitative estimate of drug-likeness (QED) is 0.593. The number of benzene rings is 2. The van der Waals surface area contributed by atoms with Gasteiger partial charge in [-0.15, -0.1) is 11.3 Å². The minimum Gasteiger partial charge on any atom is -0.454 e. The molecule has 4 nitrogen and oxygen atoms in total. The summed E-state index contributed by atoms with van der Waals surface area (Å²) in [5.74, 6) is 1.44. The molecular weight excluding hydrogens is 356 g/mol. The Balaban J connectivity index is 1.67. The molecule has 2 heterocycles. The number of aromatic nitrogens is 1. The van der Waals surface area contributed by atoms with Crippen LogP contribution in [0.3, 0.4) is 0 Å². The van der Waals surface area contributed by atoms with E-state index in [0.29, 0.717) is 21.4 Å². The molecule has 0 fully saturated rings. The van der Waals surface area contributed by atoms with Crippen molar-refractivity contribution in [3.05, 3.63) is 63.4 Å². The minimum absolute atomic E-state index is 0.238. The first-order valence-corrected chi connectivity index (χ1v) is 8.72. The van der Waals surface area contributed by atoms with Gasteiger partial charge in [0.25, 0.3) is 0 Å². The maximum atomic E-state index is 9.50. The van der Waals surface area contributed by atoms with E-state index < -0.39 is 0 Å².